The summed E-state index contributed by atoms with van der Waals surface area (Å²) in [6.45, 7) is 2.76. The molecule has 1 heterocycles. The number of aliphatic imine (C=N–C) groups is 1. The van der Waals surface area contributed by atoms with Crippen LogP contribution in [0.1, 0.15) is 23.2 Å². The fraction of sp³-hybridized carbons (Fsp3) is 0.381. The summed E-state index contributed by atoms with van der Waals surface area (Å²) in [6.07, 6.45) is -4.23. The number of ether oxygens (including phenoxy) is 1. The van der Waals surface area contributed by atoms with Gasteiger partial charge in [0.25, 0.3) is 0 Å². The Labute approximate surface area is 179 Å². The van der Waals surface area contributed by atoms with Crippen molar-refractivity contribution in [2.45, 2.75) is 33.0 Å². The highest BCUT2D eigenvalue weighted by Crippen LogP contribution is 2.23. The third-order valence-electron chi connectivity index (χ3n) is 4.08. The van der Waals surface area contributed by atoms with Gasteiger partial charge in [-0.1, -0.05) is 18.2 Å². The van der Waals surface area contributed by atoms with Crippen molar-refractivity contribution in [3.05, 3.63) is 53.2 Å². The number of aryl methyl sites for hydroxylation is 2. The van der Waals surface area contributed by atoms with Crippen LogP contribution in [0.3, 0.4) is 0 Å². The number of alkyl halides is 3. The molecular weight excluding hydrogens is 411 g/mol. The van der Waals surface area contributed by atoms with Gasteiger partial charge in [-0.2, -0.15) is 13.2 Å². The minimum absolute atomic E-state index is 0.158. The average molecular weight is 437 g/mol. The summed E-state index contributed by atoms with van der Waals surface area (Å²) in [4.78, 5) is 20.3. The van der Waals surface area contributed by atoms with Crippen molar-refractivity contribution in [3.8, 4) is 5.75 Å². The number of nitrogens with zero attached hydrogens (tertiary/aromatic N) is 2. The summed E-state index contributed by atoms with van der Waals surface area (Å²) in [5.41, 5.74) is 2.15. The highest BCUT2D eigenvalue weighted by molar-refractivity contribution is 5.90. The second kappa shape index (κ2) is 11.2. The molecule has 0 aliphatic rings. The minimum atomic E-state index is -4.42. The number of aromatic nitrogens is 1. The van der Waals surface area contributed by atoms with E-state index in [1.807, 2.05) is 13.0 Å². The zero-order valence-electron chi connectivity index (χ0n) is 17.6. The van der Waals surface area contributed by atoms with Gasteiger partial charge in [-0.3, -0.25) is 9.79 Å². The number of carbonyl (C=O) groups is 1. The van der Waals surface area contributed by atoms with Crippen LogP contribution in [-0.2, 0) is 11.3 Å². The number of rotatable bonds is 8. The number of amides is 1. The first-order valence-electron chi connectivity index (χ1n) is 9.63. The number of guanidine groups is 1. The van der Waals surface area contributed by atoms with Crippen LogP contribution in [-0.4, -0.2) is 43.2 Å². The van der Waals surface area contributed by atoms with Crippen molar-refractivity contribution in [1.29, 1.82) is 0 Å². The average Bonchev–Trinajstić information content (AvgIpc) is 2.69. The Morgan fingerprint density at radius 1 is 1.16 bits per heavy atom. The predicted molar refractivity (Wildman–Crippen MR) is 113 cm³/mol. The van der Waals surface area contributed by atoms with E-state index in [-0.39, 0.29) is 24.6 Å². The molecule has 2 rings (SSSR count). The Morgan fingerprint density at radius 2 is 1.94 bits per heavy atom. The molecule has 2 aromatic rings. The van der Waals surface area contributed by atoms with E-state index in [0.717, 1.165) is 11.3 Å². The zero-order chi connectivity index (χ0) is 22.9. The van der Waals surface area contributed by atoms with Crippen LogP contribution < -0.4 is 20.7 Å². The maximum absolute atomic E-state index is 12.5. The summed E-state index contributed by atoms with van der Waals surface area (Å²) >= 11 is 0. The second-order valence-electron chi connectivity index (χ2n) is 6.83. The molecule has 0 spiro atoms. The van der Waals surface area contributed by atoms with E-state index in [9.17, 15) is 18.0 Å². The number of hydrogen-bond donors (Lipinski definition) is 3. The first-order valence-corrected chi connectivity index (χ1v) is 9.63. The van der Waals surface area contributed by atoms with Crippen LogP contribution in [0.2, 0.25) is 0 Å². The molecule has 0 atom stereocenters. The summed E-state index contributed by atoms with van der Waals surface area (Å²) in [6, 6.07) is 10.4. The lowest BCUT2D eigenvalue weighted by molar-refractivity contribution is -0.153. The topological polar surface area (TPSA) is 87.6 Å². The first-order chi connectivity index (χ1) is 14.7. The van der Waals surface area contributed by atoms with Gasteiger partial charge in [0.05, 0.1) is 0 Å². The quantitative estimate of drug-likeness (QED) is 0.436. The summed E-state index contributed by atoms with van der Waals surface area (Å²) in [7, 11) is 1.56. The van der Waals surface area contributed by atoms with Crippen molar-refractivity contribution in [3.63, 3.8) is 0 Å². The normalized spacial score (nSPS) is 11.7. The van der Waals surface area contributed by atoms with E-state index in [0.29, 0.717) is 23.9 Å². The van der Waals surface area contributed by atoms with Gasteiger partial charge >= 0.3 is 6.18 Å². The van der Waals surface area contributed by atoms with Crippen LogP contribution in [0.4, 0.5) is 19.0 Å². The maximum Gasteiger partial charge on any atom is 0.422 e. The molecular formula is C21H26F3N5O2. The fourth-order valence-electron chi connectivity index (χ4n) is 2.61. The molecule has 0 aliphatic carbocycles. The van der Waals surface area contributed by atoms with E-state index >= 15 is 0 Å². The van der Waals surface area contributed by atoms with Crippen LogP contribution in [0, 0.1) is 13.8 Å². The molecule has 0 bridgehead atoms. The van der Waals surface area contributed by atoms with Crippen LogP contribution in [0.5, 0.6) is 5.75 Å². The maximum atomic E-state index is 12.5. The SMILES string of the molecule is CN=C(NCCC(=O)Nc1cccc(C)n1)NCc1ccc(C)cc1OCC(F)(F)F. The minimum Gasteiger partial charge on any atom is -0.484 e. The van der Waals surface area contributed by atoms with Gasteiger partial charge in [-0.05, 0) is 37.6 Å². The Hall–Kier alpha value is -3.30. The first kappa shape index (κ1) is 24.0. The fourth-order valence-corrected chi connectivity index (χ4v) is 2.61. The molecule has 7 nitrogen and oxygen atoms in total. The van der Waals surface area contributed by atoms with E-state index in [4.69, 9.17) is 4.74 Å². The largest absolute Gasteiger partial charge is 0.484 e. The molecule has 1 amide bonds. The van der Waals surface area contributed by atoms with Crippen molar-refractivity contribution < 1.29 is 22.7 Å². The summed E-state index contributed by atoms with van der Waals surface area (Å²) in [5.74, 6) is 0.842. The van der Waals surface area contributed by atoms with Crippen LogP contribution in [0.25, 0.3) is 0 Å². The molecule has 0 saturated heterocycles. The van der Waals surface area contributed by atoms with Gasteiger partial charge in [-0.15, -0.1) is 0 Å². The van der Waals surface area contributed by atoms with Gasteiger partial charge in [0.15, 0.2) is 12.6 Å². The summed E-state index contributed by atoms with van der Waals surface area (Å²) in [5, 5.41) is 8.71. The molecule has 168 valence electrons. The van der Waals surface area contributed by atoms with E-state index < -0.39 is 12.8 Å². The number of hydrogen-bond acceptors (Lipinski definition) is 4. The van der Waals surface area contributed by atoms with Crippen molar-refractivity contribution in [1.82, 2.24) is 15.6 Å². The van der Waals surface area contributed by atoms with Gasteiger partial charge < -0.3 is 20.7 Å². The third kappa shape index (κ3) is 8.93. The van der Waals surface area contributed by atoms with Crippen molar-refractivity contribution in [2.75, 3.05) is 25.5 Å². The molecule has 0 aliphatic heterocycles. The Morgan fingerprint density at radius 3 is 2.61 bits per heavy atom. The third-order valence-corrected chi connectivity index (χ3v) is 4.08. The molecule has 1 aromatic carbocycles. The van der Waals surface area contributed by atoms with E-state index in [1.165, 1.54) is 0 Å². The molecule has 3 N–H and O–H groups in total. The highest BCUT2D eigenvalue weighted by Gasteiger charge is 2.28. The molecule has 0 fully saturated rings. The standard InChI is InChI=1S/C21H26F3N5O2/c1-14-7-8-16(17(11-14)31-13-21(22,23)24)12-27-20(25-3)26-10-9-19(30)29-18-6-4-5-15(2)28-18/h4-8,11H,9-10,12-13H2,1-3H3,(H2,25,26,27)(H,28,29,30). The van der Waals surface area contributed by atoms with Crippen LogP contribution >= 0.6 is 0 Å². The number of nitrogens with one attached hydrogen (secondary N) is 3. The van der Waals surface area contributed by atoms with Gasteiger partial charge in [0.1, 0.15) is 11.6 Å². The van der Waals surface area contributed by atoms with Crippen molar-refractivity contribution in [2.24, 2.45) is 4.99 Å². The number of pyridine rings is 1. The van der Waals surface area contributed by atoms with Gasteiger partial charge in [0.2, 0.25) is 5.91 Å². The number of benzene rings is 1. The zero-order valence-corrected chi connectivity index (χ0v) is 17.6. The Kier molecular flexibility index (Phi) is 8.65. The second-order valence-corrected chi connectivity index (χ2v) is 6.83. The number of anilines is 1. The molecule has 31 heavy (non-hydrogen) atoms. The van der Waals surface area contributed by atoms with E-state index in [2.05, 4.69) is 25.9 Å². The smallest absolute Gasteiger partial charge is 0.422 e. The molecule has 1 aromatic heterocycles. The lowest BCUT2D eigenvalue weighted by atomic mass is 10.1. The predicted octanol–water partition coefficient (Wildman–Crippen LogP) is 3.33. The molecule has 10 heteroatoms. The Balaban J connectivity index is 1.83. The number of carbonyl (C=O) groups excluding carboxylic acids is 1. The van der Waals surface area contributed by atoms with Crippen molar-refractivity contribution >= 4 is 17.7 Å². The monoisotopic (exact) mass is 437 g/mol. The number of halogens is 3. The summed E-state index contributed by atoms with van der Waals surface area (Å²) < 4.78 is 42.4. The lowest BCUT2D eigenvalue weighted by Crippen LogP contribution is -2.38. The molecule has 0 saturated carbocycles. The van der Waals surface area contributed by atoms with Crippen LogP contribution in [0.15, 0.2) is 41.4 Å². The Bertz CT molecular complexity index is 916. The lowest BCUT2D eigenvalue weighted by Gasteiger charge is -2.16. The molecule has 0 radical (unpaired) electrons. The van der Waals surface area contributed by atoms with E-state index in [1.54, 1.807) is 44.3 Å². The van der Waals surface area contributed by atoms with Gasteiger partial charge in [0, 0.05) is 37.8 Å². The molecule has 0 unspecified atom stereocenters. The highest BCUT2D eigenvalue weighted by atomic mass is 19.4. The van der Waals surface area contributed by atoms with Gasteiger partial charge in [-0.25, -0.2) is 4.98 Å².